The molecule has 10 heteroatoms. The van der Waals surface area contributed by atoms with Crippen molar-refractivity contribution in [2.24, 2.45) is 5.73 Å². The smallest absolute Gasteiger partial charge is 0.236 e. The highest BCUT2D eigenvalue weighted by Gasteiger charge is 2.30. The predicted molar refractivity (Wildman–Crippen MR) is 92.0 cm³/mol. The van der Waals surface area contributed by atoms with Gasteiger partial charge >= 0.3 is 0 Å². The molecule has 2 aromatic rings. The van der Waals surface area contributed by atoms with Gasteiger partial charge in [0.2, 0.25) is 11.8 Å². The number of hydrogen-bond acceptors (Lipinski definition) is 7. The molecule has 0 radical (unpaired) electrons. The van der Waals surface area contributed by atoms with E-state index in [9.17, 15) is 9.59 Å². The molecule has 0 aromatic carbocycles. The Kier molecular flexibility index (Phi) is 5.14. The van der Waals surface area contributed by atoms with Crippen molar-refractivity contribution in [1.82, 2.24) is 19.7 Å². The molecule has 0 saturated heterocycles. The number of carbonyl (C=O) groups excluding carboxylic acids is 2. The van der Waals surface area contributed by atoms with Gasteiger partial charge in [-0.1, -0.05) is 11.8 Å². The van der Waals surface area contributed by atoms with Crippen LogP contribution in [0.2, 0.25) is 0 Å². The van der Waals surface area contributed by atoms with Gasteiger partial charge in [-0.2, -0.15) is 0 Å². The fourth-order valence-electron chi connectivity index (χ4n) is 2.18. The van der Waals surface area contributed by atoms with Crippen molar-refractivity contribution < 1.29 is 9.59 Å². The Morgan fingerprint density at radius 2 is 2.25 bits per heavy atom. The number of aromatic nitrogens is 4. The molecule has 0 atom stereocenters. The molecule has 1 saturated carbocycles. The van der Waals surface area contributed by atoms with Crippen LogP contribution >= 0.6 is 23.1 Å². The second-order valence-electron chi connectivity index (χ2n) is 5.61. The first kappa shape index (κ1) is 16.9. The molecule has 8 nitrogen and oxygen atoms in total. The molecule has 2 aromatic heterocycles. The van der Waals surface area contributed by atoms with Crippen LogP contribution in [0.4, 0.5) is 5.13 Å². The third-order valence-corrected chi connectivity index (χ3v) is 5.31. The Hall–Kier alpha value is -1.94. The molecule has 2 heterocycles. The summed E-state index contributed by atoms with van der Waals surface area (Å²) < 4.78 is 1.91. The second kappa shape index (κ2) is 7.31. The molecule has 1 aliphatic carbocycles. The summed E-state index contributed by atoms with van der Waals surface area (Å²) in [6.45, 7) is 2.32. The molecular formula is C14H18N6O2S2. The summed E-state index contributed by atoms with van der Waals surface area (Å²) in [6, 6.07) is 0. The van der Waals surface area contributed by atoms with E-state index in [0.717, 1.165) is 24.4 Å². The quantitative estimate of drug-likeness (QED) is 0.685. The van der Waals surface area contributed by atoms with Crippen LogP contribution in [-0.4, -0.2) is 37.3 Å². The van der Waals surface area contributed by atoms with Gasteiger partial charge in [0.15, 0.2) is 10.3 Å². The average molecular weight is 366 g/mol. The molecule has 128 valence electrons. The highest BCUT2D eigenvalue weighted by atomic mass is 32.2. The van der Waals surface area contributed by atoms with Crippen LogP contribution in [0.25, 0.3) is 0 Å². The lowest BCUT2D eigenvalue weighted by molar-refractivity contribution is -0.118. The fourth-order valence-corrected chi connectivity index (χ4v) is 3.66. The molecule has 0 spiro atoms. The number of anilines is 1. The number of aryl methyl sites for hydroxylation is 1. The van der Waals surface area contributed by atoms with Gasteiger partial charge in [-0.3, -0.25) is 9.59 Å². The van der Waals surface area contributed by atoms with E-state index in [1.54, 1.807) is 0 Å². The van der Waals surface area contributed by atoms with Crippen molar-refractivity contribution in [3.63, 3.8) is 0 Å². The van der Waals surface area contributed by atoms with E-state index in [4.69, 9.17) is 5.73 Å². The molecule has 0 unspecified atom stereocenters. The summed E-state index contributed by atoms with van der Waals surface area (Å²) in [5.41, 5.74) is 6.12. The van der Waals surface area contributed by atoms with E-state index in [1.807, 2.05) is 16.9 Å². The van der Waals surface area contributed by atoms with E-state index in [2.05, 4.69) is 20.5 Å². The summed E-state index contributed by atoms with van der Waals surface area (Å²) in [4.78, 5) is 27.3. The van der Waals surface area contributed by atoms with E-state index >= 15 is 0 Å². The number of nitrogens with two attached hydrogens (primary N) is 1. The Balaban J connectivity index is 1.61. The van der Waals surface area contributed by atoms with Crippen molar-refractivity contribution in [1.29, 1.82) is 0 Å². The largest absolute Gasteiger partial charge is 0.370 e. The Labute approximate surface area is 147 Å². The second-order valence-corrected chi connectivity index (χ2v) is 7.41. The number of thioether (sulfide) groups is 1. The predicted octanol–water partition coefficient (Wildman–Crippen LogP) is 1.53. The van der Waals surface area contributed by atoms with Crippen LogP contribution in [0.5, 0.6) is 0 Å². The summed E-state index contributed by atoms with van der Waals surface area (Å²) in [6.07, 6.45) is 2.41. The molecule has 2 amide bonds. The van der Waals surface area contributed by atoms with Crippen LogP contribution in [0, 0.1) is 6.92 Å². The number of nitrogens with zero attached hydrogens (tertiary/aromatic N) is 4. The molecule has 3 rings (SSSR count). The SMILES string of the molecule is Cc1csc(NC(=O)CSc2nnc(C3CC3)n2CCC(N)=O)n1. The summed E-state index contributed by atoms with van der Waals surface area (Å²) in [5, 5.41) is 14.3. The van der Waals surface area contributed by atoms with Gasteiger partial charge in [0.05, 0.1) is 11.4 Å². The van der Waals surface area contributed by atoms with E-state index in [0.29, 0.717) is 22.8 Å². The lowest BCUT2D eigenvalue weighted by Gasteiger charge is -2.08. The lowest BCUT2D eigenvalue weighted by atomic mass is 10.3. The first-order valence-corrected chi connectivity index (χ1v) is 9.45. The lowest BCUT2D eigenvalue weighted by Crippen LogP contribution is -2.17. The number of nitrogens with one attached hydrogen (secondary N) is 1. The van der Waals surface area contributed by atoms with Crippen LogP contribution < -0.4 is 11.1 Å². The zero-order valence-corrected chi connectivity index (χ0v) is 14.8. The maximum Gasteiger partial charge on any atom is 0.236 e. The van der Waals surface area contributed by atoms with Gasteiger partial charge < -0.3 is 15.6 Å². The minimum Gasteiger partial charge on any atom is -0.370 e. The third kappa shape index (κ3) is 4.32. The number of rotatable bonds is 8. The standard InChI is InChI=1S/C14H18N6O2S2/c1-8-6-23-13(16-8)17-11(22)7-24-14-19-18-12(9-2-3-9)20(14)5-4-10(15)21/h6,9H,2-5,7H2,1H3,(H2,15,21)(H,16,17,22). The number of amides is 2. The van der Waals surface area contributed by atoms with Gasteiger partial charge in [0.1, 0.15) is 5.82 Å². The van der Waals surface area contributed by atoms with Crippen LogP contribution in [0.15, 0.2) is 10.5 Å². The monoisotopic (exact) mass is 366 g/mol. The minimum absolute atomic E-state index is 0.147. The normalized spacial score (nSPS) is 13.9. The third-order valence-electron chi connectivity index (χ3n) is 3.47. The minimum atomic E-state index is -0.363. The van der Waals surface area contributed by atoms with Gasteiger partial charge in [0.25, 0.3) is 0 Å². The number of carbonyl (C=O) groups is 2. The summed E-state index contributed by atoms with van der Waals surface area (Å²) >= 11 is 2.69. The first-order chi connectivity index (χ1) is 11.5. The van der Waals surface area contributed by atoms with Crippen molar-refractivity contribution in [2.45, 2.75) is 43.8 Å². The van der Waals surface area contributed by atoms with Gasteiger partial charge in [-0.15, -0.1) is 21.5 Å². The van der Waals surface area contributed by atoms with E-state index < -0.39 is 0 Å². The number of hydrogen-bond donors (Lipinski definition) is 2. The zero-order chi connectivity index (χ0) is 17.1. The molecule has 3 N–H and O–H groups in total. The average Bonchev–Trinajstić information content (AvgIpc) is 3.17. The molecule has 24 heavy (non-hydrogen) atoms. The Morgan fingerprint density at radius 1 is 1.46 bits per heavy atom. The highest BCUT2D eigenvalue weighted by molar-refractivity contribution is 7.99. The number of primary amides is 1. The van der Waals surface area contributed by atoms with Gasteiger partial charge in [0, 0.05) is 24.3 Å². The molecule has 0 bridgehead atoms. The molecular weight excluding hydrogens is 348 g/mol. The summed E-state index contributed by atoms with van der Waals surface area (Å²) in [7, 11) is 0. The van der Waals surface area contributed by atoms with Gasteiger partial charge in [-0.05, 0) is 19.8 Å². The van der Waals surface area contributed by atoms with Gasteiger partial charge in [-0.25, -0.2) is 4.98 Å². The van der Waals surface area contributed by atoms with Crippen molar-refractivity contribution in [3.8, 4) is 0 Å². The Morgan fingerprint density at radius 3 is 2.88 bits per heavy atom. The fraction of sp³-hybridized carbons (Fsp3) is 0.500. The zero-order valence-electron chi connectivity index (χ0n) is 13.2. The summed E-state index contributed by atoms with van der Waals surface area (Å²) in [5.74, 6) is 0.990. The van der Waals surface area contributed by atoms with Crippen molar-refractivity contribution >= 4 is 40.0 Å². The maximum atomic E-state index is 12.0. The molecule has 0 aliphatic heterocycles. The van der Waals surface area contributed by atoms with Crippen LogP contribution in [0.1, 0.15) is 36.7 Å². The first-order valence-electron chi connectivity index (χ1n) is 7.59. The molecule has 1 aliphatic rings. The highest BCUT2D eigenvalue weighted by Crippen LogP contribution is 2.40. The van der Waals surface area contributed by atoms with Crippen molar-refractivity contribution in [3.05, 3.63) is 16.9 Å². The van der Waals surface area contributed by atoms with Crippen LogP contribution in [0.3, 0.4) is 0 Å². The van der Waals surface area contributed by atoms with E-state index in [1.165, 1.54) is 23.1 Å². The van der Waals surface area contributed by atoms with Crippen LogP contribution in [-0.2, 0) is 16.1 Å². The molecule has 1 fully saturated rings. The Bertz CT molecular complexity index is 752. The number of thiazole rings is 1. The van der Waals surface area contributed by atoms with E-state index in [-0.39, 0.29) is 24.0 Å². The topological polar surface area (TPSA) is 116 Å². The van der Waals surface area contributed by atoms with Crippen molar-refractivity contribution in [2.75, 3.05) is 11.1 Å². The maximum absolute atomic E-state index is 12.0.